The van der Waals surface area contributed by atoms with Crippen LogP contribution in [-0.4, -0.2) is 29.9 Å². The lowest BCUT2D eigenvalue weighted by Crippen LogP contribution is -2.20. The molecule has 0 fully saturated rings. The number of aromatic nitrogens is 5. The maximum Gasteiger partial charge on any atom is 0.271 e. The van der Waals surface area contributed by atoms with Gasteiger partial charge in [0.2, 0.25) is 11.6 Å². The second-order valence-electron chi connectivity index (χ2n) is 8.14. The summed E-state index contributed by atoms with van der Waals surface area (Å²) in [5.41, 5.74) is 2.79. The summed E-state index contributed by atoms with van der Waals surface area (Å²) in [5.74, 6) is -0.0231. The Labute approximate surface area is 214 Å². The van der Waals surface area contributed by atoms with Crippen molar-refractivity contribution in [2.75, 3.05) is 0 Å². The fourth-order valence-corrected chi connectivity index (χ4v) is 4.99. The van der Waals surface area contributed by atoms with Gasteiger partial charge in [-0.2, -0.15) is 9.67 Å². The summed E-state index contributed by atoms with van der Waals surface area (Å²) in [5, 5.41) is 7.39. The summed E-state index contributed by atoms with van der Waals surface area (Å²) in [6.45, 7) is 1.74. The fourth-order valence-electron chi connectivity index (χ4n) is 4.18. The number of thiophene rings is 1. The van der Waals surface area contributed by atoms with E-state index in [9.17, 15) is 9.59 Å². The van der Waals surface area contributed by atoms with Crippen LogP contribution in [0.25, 0.3) is 44.2 Å². The van der Waals surface area contributed by atoms with E-state index in [1.54, 1.807) is 42.5 Å². The van der Waals surface area contributed by atoms with Crippen molar-refractivity contribution in [2.24, 2.45) is 0 Å². The molecule has 0 unspecified atom stereocenters. The van der Waals surface area contributed by atoms with E-state index in [2.05, 4.69) is 5.10 Å². The molecule has 0 aliphatic heterocycles. The Kier molecular flexibility index (Phi) is 5.47. The average Bonchev–Trinajstić information content (AvgIpc) is 3.58. The Morgan fingerprint density at radius 2 is 1.78 bits per heavy atom. The lowest BCUT2D eigenvalue weighted by Gasteiger charge is -2.10. The van der Waals surface area contributed by atoms with Crippen LogP contribution in [0.15, 0.2) is 83.0 Å². The molecule has 6 aromatic rings. The second-order valence-corrected chi connectivity index (χ2v) is 9.52. The minimum absolute atomic E-state index is 0.0307. The standard InChI is InChI=1S/C27H18ClN5O2S/c1-2-21(34)25-31-33(18-12-10-17(28)11-13-18)27-30-24-23(26(35)32(25)27)19(16-7-4-3-5-8-16)15-20(29-24)22-9-6-14-36-22/h3-15H,2H2,1H3. The van der Waals surface area contributed by atoms with Gasteiger partial charge in [-0.25, -0.2) is 9.38 Å². The molecule has 0 atom stereocenters. The molecule has 0 aliphatic rings. The molecule has 0 saturated carbocycles. The summed E-state index contributed by atoms with van der Waals surface area (Å²) in [4.78, 5) is 37.5. The molecule has 9 heteroatoms. The Bertz CT molecular complexity index is 1810. The number of nitrogens with zero attached hydrogens (tertiary/aromatic N) is 5. The Morgan fingerprint density at radius 3 is 2.47 bits per heavy atom. The van der Waals surface area contributed by atoms with Crippen LogP contribution >= 0.6 is 22.9 Å². The molecular weight excluding hydrogens is 494 g/mol. The third kappa shape index (κ3) is 3.62. The number of rotatable bonds is 5. The predicted octanol–water partition coefficient (Wildman–Crippen LogP) is 6.07. The van der Waals surface area contributed by atoms with Gasteiger partial charge in [-0.15, -0.1) is 16.4 Å². The molecule has 4 aromatic heterocycles. The SMILES string of the molecule is CCC(=O)c1nn(-c2ccc(Cl)cc2)c2nc3nc(-c4cccs4)cc(-c4ccccc4)c3c(=O)n12. The third-order valence-electron chi connectivity index (χ3n) is 5.92. The number of halogens is 1. The molecule has 0 bridgehead atoms. The molecule has 2 aromatic carbocycles. The summed E-state index contributed by atoms with van der Waals surface area (Å²) in [7, 11) is 0. The smallest absolute Gasteiger partial charge is 0.271 e. The fraction of sp³-hybridized carbons (Fsp3) is 0.0741. The van der Waals surface area contributed by atoms with E-state index in [-0.39, 0.29) is 29.5 Å². The Morgan fingerprint density at radius 1 is 1.00 bits per heavy atom. The summed E-state index contributed by atoms with van der Waals surface area (Å²) in [6.07, 6.45) is 0.193. The molecule has 176 valence electrons. The topological polar surface area (TPSA) is 82.2 Å². The molecule has 0 saturated heterocycles. The van der Waals surface area contributed by atoms with Gasteiger partial charge in [-0.05, 0) is 47.3 Å². The summed E-state index contributed by atoms with van der Waals surface area (Å²) < 4.78 is 2.78. The van der Waals surface area contributed by atoms with Crippen LogP contribution in [0.3, 0.4) is 0 Å². The Balaban J connectivity index is 1.76. The molecule has 4 heterocycles. The first-order valence-electron chi connectivity index (χ1n) is 11.3. The van der Waals surface area contributed by atoms with Crippen molar-refractivity contribution in [3.05, 3.63) is 99.4 Å². The van der Waals surface area contributed by atoms with E-state index in [0.29, 0.717) is 21.7 Å². The normalized spacial score (nSPS) is 11.4. The van der Waals surface area contributed by atoms with Crippen LogP contribution < -0.4 is 5.56 Å². The zero-order chi connectivity index (χ0) is 24.8. The number of ketones is 1. The van der Waals surface area contributed by atoms with Crippen molar-refractivity contribution in [3.8, 4) is 27.4 Å². The molecule has 6 rings (SSSR count). The average molecular weight is 512 g/mol. The van der Waals surface area contributed by atoms with Crippen LogP contribution in [0.5, 0.6) is 0 Å². The number of fused-ring (bicyclic) bond motifs is 2. The molecule has 0 aliphatic carbocycles. The minimum Gasteiger partial charge on any atom is -0.291 e. The summed E-state index contributed by atoms with van der Waals surface area (Å²) in [6, 6.07) is 22.4. The lowest BCUT2D eigenvalue weighted by atomic mass is 10.0. The minimum atomic E-state index is -0.393. The second kappa shape index (κ2) is 8.82. The van der Waals surface area contributed by atoms with E-state index >= 15 is 0 Å². The van der Waals surface area contributed by atoms with E-state index in [4.69, 9.17) is 21.6 Å². The zero-order valence-corrected chi connectivity index (χ0v) is 20.6. The van der Waals surface area contributed by atoms with E-state index in [1.807, 2.05) is 53.9 Å². The number of carbonyl (C=O) groups is 1. The van der Waals surface area contributed by atoms with Crippen molar-refractivity contribution < 1.29 is 4.79 Å². The van der Waals surface area contributed by atoms with E-state index in [0.717, 1.165) is 16.1 Å². The highest BCUT2D eigenvalue weighted by molar-refractivity contribution is 7.13. The number of carbonyl (C=O) groups excluding carboxylic acids is 1. The number of Topliss-reactive ketones (excluding diaryl/α,β-unsaturated/α-hetero) is 1. The van der Waals surface area contributed by atoms with Crippen molar-refractivity contribution in [1.29, 1.82) is 0 Å². The predicted molar refractivity (Wildman–Crippen MR) is 142 cm³/mol. The first-order valence-corrected chi connectivity index (χ1v) is 12.6. The van der Waals surface area contributed by atoms with Gasteiger partial charge in [0.1, 0.15) is 0 Å². The van der Waals surface area contributed by atoms with E-state index in [1.165, 1.54) is 9.08 Å². The van der Waals surface area contributed by atoms with Crippen LogP contribution in [0.2, 0.25) is 5.02 Å². The largest absolute Gasteiger partial charge is 0.291 e. The zero-order valence-electron chi connectivity index (χ0n) is 19.1. The van der Waals surface area contributed by atoms with Gasteiger partial charge in [0.25, 0.3) is 5.56 Å². The highest BCUT2D eigenvalue weighted by Crippen LogP contribution is 2.32. The maximum atomic E-state index is 14.1. The van der Waals surface area contributed by atoms with Crippen molar-refractivity contribution in [3.63, 3.8) is 0 Å². The van der Waals surface area contributed by atoms with Gasteiger partial charge in [-0.3, -0.25) is 9.59 Å². The first kappa shape index (κ1) is 22.3. The monoisotopic (exact) mass is 511 g/mol. The summed E-state index contributed by atoms with van der Waals surface area (Å²) >= 11 is 7.64. The number of hydrogen-bond donors (Lipinski definition) is 0. The molecule has 0 spiro atoms. The third-order valence-corrected chi connectivity index (χ3v) is 7.06. The quantitative estimate of drug-likeness (QED) is 0.262. The van der Waals surface area contributed by atoms with E-state index < -0.39 is 5.56 Å². The van der Waals surface area contributed by atoms with Crippen LogP contribution in [0.1, 0.15) is 24.0 Å². The highest BCUT2D eigenvalue weighted by atomic mass is 35.5. The lowest BCUT2D eigenvalue weighted by molar-refractivity contribution is 0.0976. The van der Waals surface area contributed by atoms with Gasteiger partial charge < -0.3 is 0 Å². The van der Waals surface area contributed by atoms with Crippen LogP contribution in [-0.2, 0) is 0 Å². The van der Waals surface area contributed by atoms with Crippen LogP contribution in [0, 0.1) is 0 Å². The molecule has 0 N–H and O–H groups in total. The molecule has 0 radical (unpaired) electrons. The van der Waals surface area contributed by atoms with Crippen molar-refractivity contribution in [1.82, 2.24) is 24.1 Å². The van der Waals surface area contributed by atoms with Crippen molar-refractivity contribution in [2.45, 2.75) is 13.3 Å². The number of benzene rings is 2. The molecule has 36 heavy (non-hydrogen) atoms. The van der Waals surface area contributed by atoms with Gasteiger partial charge >= 0.3 is 0 Å². The molecular formula is C27H18ClN5O2S. The van der Waals surface area contributed by atoms with Gasteiger partial charge in [0, 0.05) is 17.0 Å². The Hall–Kier alpha value is -4.14. The number of hydrogen-bond acceptors (Lipinski definition) is 6. The first-order chi connectivity index (χ1) is 17.5. The van der Waals surface area contributed by atoms with Gasteiger partial charge in [0.15, 0.2) is 11.4 Å². The highest BCUT2D eigenvalue weighted by Gasteiger charge is 2.24. The van der Waals surface area contributed by atoms with Crippen LogP contribution in [0.4, 0.5) is 0 Å². The molecule has 0 amide bonds. The van der Waals surface area contributed by atoms with Gasteiger partial charge in [-0.1, -0.05) is 54.9 Å². The van der Waals surface area contributed by atoms with Gasteiger partial charge in [0.05, 0.1) is 21.6 Å². The van der Waals surface area contributed by atoms with Crippen molar-refractivity contribution >= 4 is 45.5 Å². The number of pyridine rings is 1. The maximum absolute atomic E-state index is 14.1. The molecule has 7 nitrogen and oxygen atoms in total.